The summed E-state index contributed by atoms with van der Waals surface area (Å²) < 4.78 is 34.0. The van der Waals surface area contributed by atoms with E-state index in [0.29, 0.717) is 17.4 Å². The molecule has 0 amide bonds. The first-order valence-electron chi connectivity index (χ1n) is 18.6. The normalized spacial score (nSPS) is 14.1. The summed E-state index contributed by atoms with van der Waals surface area (Å²) in [4.78, 5) is 35.0. The minimum atomic E-state index is -4.36. The molecule has 2 atom stereocenters. The number of carbonyl (C=O) groups is 2. The molecule has 0 heterocycles. The van der Waals surface area contributed by atoms with Crippen LogP contribution in [0.4, 0.5) is 0 Å². The van der Waals surface area contributed by atoms with E-state index in [9.17, 15) is 19.0 Å². The molecule has 0 aliphatic carbocycles. The second kappa shape index (κ2) is 30.5. The Labute approximate surface area is 288 Å². The molecule has 47 heavy (non-hydrogen) atoms. The number of unbranched alkanes of at least 4 members (excludes halogenated alkanes) is 16. The van der Waals surface area contributed by atoms with Gasteiger partial charge in [0.25, 0.3) is 0 Å². The highest BCUT2D eigenvalue weighted by Crippen LogP contribution is 2.43. The number of carbonyl (C=O) groups excluding carboxylic acids is 2. The first-order valence-corrected chi connectivity index (χ1v) is 20.1. The number of ether oxygens (including phenoxy) is 2. The summed E-state index contributed by atoms with van der Waals surface area (Å²) in [6.07, 6.45) is 29.5. The molecule has 0 rings (SSSR count). The molecule has 276 valence electrons. The highest BCUT2D eigenvalue weighted by Gasteiger charge is 2.27. The van der Waals surface area contributed by atoms with E-state index in [0.717, 1.165) is 64.2 Å². The van der Waals surface area contributed by atoms with E-state index in [1.165, 1.54) is 51.4 Å². The van der Waals surface area contributed by atoms with E-state index in [2.05, 4.69) is 38.2 Å². The summed E-state index contributed by atoms with van der Waals surface area (Å²) in [6.45, 7) is 4.33. The summed E-state index contributed by atoms with van der Waals surface area (Å²) >= 11 is 0. The third-order valence-corrected chi connectivity index (χ3v) is 8.75. The van der Waals surface area contributed by atoms with E-state index in [1.54, 1.807) is 0 Å². The number of hydrogen-bond donors (Lipinski definition) is 1. The van der Waals surface area contributed by atoms with Gasteiger partial charge in [-0.1, -0.05) is 122 Å². The Morgan fingerprint density at radius 2 is 1.13 bits per heavy atom. The van der Waals surface area contributed by atoms with Gasteiger partial charge in [-0.05, 0) is 38.5 Å². The topological polar surface area (TPSA) is 108 Å². The Morgan fingerprint density at radius 1 is 0.660 bits per heavy atom. The molecule has 0 aromatic carbocycles. The number of esters is 2. The van der Waals surface area contributed by atoms with Gasteiger partial charge in [0.1, 0.15) is 19.8 Å². The predicted molar refractivity (Wildman–Crippen MR) is 192 cm³/mol. The lowest BCUT2D eigenvalue weighted by molar-refractivity contribution is -0.870. The maximum Gasteiger partial charge on any atom is 0.472 e. The molecule has 10 heteroatoms. The van der Waals surface area contributed by atoms with Crippen LogP contribution >= 0.6 is 7.82 Å². The van der Waals surface area contributed by atoms with Crippen molar-refractivity contribution < 1.29 is 42.1 Å². The monoisotopic (exact) mass is 688 g/mol. The van der Waals surface area contributed by atoms with Crippen LogP contribution < -0.4 is 0 Å². The molecule has 0 aromatic rings. The predicted octanol–water partition coefficient (Wildman–Crippen LogP) is 9.63. The second-order valence-corrected chi connectivity index (χ2v) is 15.1. The molecule has 0 spiro atoms. The number of rotatable bonds is 33. The van der Waals surface area contributed by atoms with Gasteiger partial charge in [-0.25, -0.2) is 4.57 Å². The molecule has 1 N–H and O–H groups in total. The van der Waals surface area contributed by atoms with E-state index in [1.807, 2.05) is 21.1 Å². The minimum absolute atomic E-state index is 0.0302. The maximum atomic E-state index is 12.5. The van der Waals surface area contributed by atoms with Crippen LogP contribution in [0.3, 0.4) is 0 Å². The minimum Gasteiger partial charge on any atom is -0.462 e. The molecule has 0 bridgehead atoms. The number of hydrogen-bond acceptors (Lipinski definition) is 7. The average molecular weight is 689 g/mol. The summed E-state index contributed by atoms with van der Waals surface area (Å²) in [5.74, 6) is -0.822. The Hall–Kier alpha value is -1.51. The summed E-state index contributed by atoms with van der Waals surface area (Å²) in [5, 5.41) is 0. The number of likely N-dealkylation sites (N-methyl/N-ethyl adjacent to an activating group) is 1. The third kappa shape index (κ3) is 34.2. The molecule has 9 nitrogen and oxygen atoms in total. The van der Waals surface area contributed by atoms with Crippen LogP contribution in [-0.2, 0) is 32.7 Å². The first kappa shape index (κ1) is 45.5. The highest BCUT2D eigenvalue weighted by molar-refractivity contribution is 7.47. The zero-order valence-electron chi connectivity index (χ0n) is 30.8. The van der Waals surface area contributed by atoms with E-state index >= 15 is 0 Å². The number of quaternary nitrogens is 1. The van der Waals surface area contributed by atoms with Crippen LogP contribution in [0.1, 0.15) is 149 Å². The van der Waals surface area contributed by atoms with Crippen molar-refractivity contribution in [1.82, 2.24) is 0 Å². The van der Waals surface area contributed by atoms with Crippen LogP contribution in [-0.4, -0.2) is 74.9 Å². The zero-order valence-corrected chi connectivity index (χ0v) is 31.7. The van der Waals surface area contributed by atoms with Crippen molar-refractivity contribution in [3.05, 3.63) is 24.3 Å². The van der Waals surface area contributed by atoms with Crippen molar-refractivity contribution in [2.75, 3.05) is 47.5 Å². The van der Waals surface area contributed by atoms with Gasteiger partial charge in [-0.2, -0.15) is 0 Å². The molecule has 1 unspecified atom stereocenters. The van der Waals surface area contributed by atoms with Gasteiger partial charge < -0.3 is 18.9 Å². The van der Waals surface area contributed by atoms with Gasteiger partial charge in [0.05, 0.1) is 27.7 Å². The van der Waals surface area contributed by atoms with Gasteiger partial charge in [-0.15, -0.1) is 0 Å². The van der Waals surface area contributed by atoms with Crippen molar-refractivity contribution in [1.29, 1.82) is 0 Å². The molecule has 0 fully saturated rings. The SMILES string of the molecule is CCCCCC/C=C/C=C/CCCCCCCC(=O)OC[C@@H](COP(=O)(O)OCC[N+](C)(C)C)OC(=O)CCCCCCCCCC. The average Bonchev–Trinajstić information content (AvgIpc) is 3.01. The fourth-order valence-electron chi connectivity index (χ4n) is 4.77. The first-order chi connectivity index (χ1) is 22.5. The highest BCUT2D eigenvalue weighted by atomic mass is 31.2. The standard InChI is InChI=1S/C37H70NO8P/c1-6-8-10-12-14-16-17-18-19-20-21-22-24-25-27-29-36(39)43-33-35(34-45-47(41,42)44-32-31-38(3,4)5)46-37(40)30-28-26-23-15-13-11-9-7-2/h16-19,35H,6-15,20-34H2,1-5H3/p+1/b17-16+,19-18+/t35-/m0/s1. The molecule has 0 radical (unpaired) electrons. The van der Waals surface area contributed by atoms with E-state index in [4.69, 9.17) is 18.5 Å². The smallest absolute Gasteiger partial charge is 0.462 e. The third-order valence-electron chi connectivity index (χ3n) is 7.76. The van der Waals surface area contributed by atoms with Crippen LogP contribution in [0.25, 0.3) is 0 Å². The molecule has 0 aromatic heterocycles. The summed E-state index contributed by atoms with van der Waals surface area (Å²) in [5.41, 5.74) is 0. The fraction of sp³-hybridized carbons (Fsp3) is 0.838. The van der Waals surface area contributed by atoms with Gasteiger partial charge >= 0.3 is 19.8 Å². The lowest BCUT2D eigenvalue weighted by Gasteiger charge is -2.24. The zero-order chi connectivity index (χ0) is 35.1. The molecular weight excluding hydrogens is 617 g/mol. The number of phosphoric ester groups is 1. The molecule has 0 saturated heterocycles. The lowest BCUT2D eigenvalue weighted by Crippen LogP contribution is -2.37. The molecular formula is C37H71NO8P+. The quantitative estimate of drug-likeness (QED) is 0.0239. The van der Waals surface area contributed by atoms with Crippen molar-refractivity contribution >= 4 is 19.8 Å². The molecule has 0 aliphatic rings. The van der Waals surface area contributed by atoms with E-state index in [-0.39, 0.29) is 32.0 Å². The summed E-state index contributed by atoms with van der Waals surface area (Å²) in [7, 11) is 1.47. The Kier molecular flexibility index (Phi) is 29.6. The van der Waals surface area contributed by atoms with Crippen LogP contribution in [0.15, 0.2) is 24.3 Å². The van der Waals surface area contributed by atoms with Gasteiger partial charge in [0, 0.05) is 12.8 Å². The van der Waals surface area contributed by atoms with Crippen molar-refractivity contribution in [2.45, 2.75) is 155 Å². The number of allylic oxidation sites excluding steroid dienone is 4. The summed E-state index contributed by atoms with van der Waals surface area (Å²) in [6, 6.07) is 0. The van der Waals surface area contributed by atoms with Gasteiger partial charge in [0.15, 0.2) is 6.10 Å². The number of phosphoric acid groups is 1. The molecule has 0 aliphatic heterocycles. The van der Waals surface area contributed by atoms with Crippen LogP contribution in [0.5, 0.6) is 0 Å². The Bertz CT molecular complexity index is 871. The van der Waals surface area contributed by atoms with Crippen molar-refractivity contribution in [2.24, 2.45) is 0 Å². The van der Waals surface area contributed by atoms with Crippen LogP contribution in [0.2, 0.25) is 0 Å². The maximum absolute atomic E-state index is 12.5. The van der Waals surface area contributed by atoms with E-state index < -0.39 is 26.5 Å². The van der Waals surface area contributed by atoms with Crippen molar-refractivity contribution in [3.8, 4) is 0 Å². The van der Waals surface area contributed by atoms with Gasteiger partial charge in [-0.3, -0.25) is 18.6 Å². The Morgan fingerprint density at radius 3 is 1.66 bits per heavy atom. The second-order valence-electron chi connectivity index (χ2n) is 13.6. The largest absolute Gasteiger partial charge is 0.472 e. The fourth-order valence-corrected chi connectivity index (χ4v) is 5.51. The molecule has 0 saturated carbocycles. The lowest BCUT2D eigenvalue weighted by atomic mass is 10.1. The van der Waals surface area contributed by atoms with Crippen LogP contribution in [0, 0.1) is 0 Å². The number of nitrogens with zero attached hydrogens (tertiary/aromatic N) is 1. The Balaban J connectivity index is 4.42. The van der Waals surface area contributed by atoms with Crippen molar-refractivity contribution in [3.63, 3.8) is 0 Å². The van der Waals surface area contributed by atoms with Gasteiger partial charge in [0.2, 0.25) is 0 Å².